The van der Waals surface area contributed by atoms with Gasteiger partial charge in [-0.2, -0.15) is 0 Å². The maximum absolute atomic E-state index is 12.2. The van der Waals surface area contributed by atoms with Crippen molar-refractivity contribution in [2.24, 2.45) is 0 Å². The first-order valence-corrected chi connectivity index (χ1v) is 9.68. The average molecular weight is 397 g/mol. The Balaban J connectivity index is 1.76. The number of benzene rings is 2. The van der Waals surface area contributed by atoms with Crippen LogP contribution in [-0.4, -0.2) is 37.4 Å². The number of unbranched alkanes of at least 4 members (excludes halogenated alkanes) is 1. The van der Waals surface area contributed by atoms with Crippen molar-refractivity contribution in [3.05, 3.63) is 64.7 Å². The minimum absolute atomic E-state index is 0.277. The summed E-state index contributed by atoms with van der Waals surface area (Å²) in [5.41, 5.74) is 2.82. The lowest BCUT2D eigenvalue weighted by Crippen LogP contribution is -2.31. The van der Waals surface area contributed by atoms with E-state index in [1.54, 1.807) is 30.3 Å². The standard InChI is InChI=1S/C23H27NO5/c1-4-5-12-28-19-9-7-18(8-10-19)23(27)24-14-22(26)29-15-21(25)20-11-6-16(2)13-17(20)3/h6-11,13H,4-5,12,14-15H2,1-3H3,(H,24,27). The third kappa shape index (κ3) is 7.07. The predicted octanol–water partition coefficient (Wildman–Crippen LogP) is 3.64. The van der Waals surface area contributed by atoms with Gasteiger partial charge in [-0.1, -0.05) is 37.1 Å². The number of hydrogen-bond acceptors (Lipinski definition) is 5. The molecule has 0 aromatic heterocycles. The van der Waals surface area contributed by atoms with Gasteiger partial charge in [0.05, 0.1) is 6.61 Å². The first kappa shape index (κ1) is 22.1. The van der Waals surface area contributed by atoms with Crippen LogP contribution in [0.3, 0.4) is 0 Å². The van der Waals surface area contributed by atoms with Crippen LogP contribution in [-0.2, 0) is 9.53 Å². The van der Waals surface area contributed by atoms with Crippen molar-refractivity contribution < 1.29 is 23.9 Å². The summed E-state index contributed by atoms with van der Waals surface area (Å²) in [6.45, 7) is 5.82. The van der Waals surface area contributed by atoms with Crippen LogP contribution in [0.4, 0.5) is 0 Å². The van der Waals surface area contributed by atoms with E-state index in [1.165, 1.54) is 0 Å². The number of nitrogens with one attached hydrogen (secondary N) is 1. The van der Waals surface area contributed by atoms with Gasteiger partial charge in [0.15, 0.2) is 6.61 Å². The molecule has 1 amide bonds. The number of carbonyl (C=O) groups excluding carboxylic acids is 3. The number of Topliss-reactive ketones (excluding diaryl/α,β-unsaturated/α-hetero) is 1. The van der Waals surface area contributed by atoms with E-state index in [9.17, 15) is 14.4 Å². The lowest BCUT2D eigenvalue weighted by atomic mass is 10.0. The Morgan fingerprint density at radius 1 is 1.00 bits per heavy atom. The summed E-state index contributed by atoms with van der Waals surface area (Å²) < 4.78 is 10.5. The SMILES string of the molecule is CCCCOc1ccc(C(=O)NCC(=O)OCC(=O)c2ccc(C)cc2C)cc1. The van der Waals surface area contributed by atoms with Crippen LogP contribution in [0.5, 0.6) is 5.75 Å². The van der Waals surface area contributed by atoms with Crippen LogP contribution < -0.4 is 10.1 Å². The third-order valence-electron chi connectivity index (χ3n) is 4.32. The fourth-order valence-electron chi connectivity index (χ4n) is 2.69. The summed E-state index contributed by atoms with van der Waals surface area (Å²) in [6, 6.07) is 12.1. The molecule has 0 heterocycles. The summed E-state index contributed by atoms with van der Waals surface area (Å²) in [7, 11) is 0. The number of ketones is 1. The molecular formula is C23H27NO5. The predicted molar refractivity (Wildman–Crippen MR) is 110 cm³/mol. The molecule has 0 saturated carbocycles. The van der Waals surface area contributed by atoms with Crippen molar-refractivity contribution in [2.75, 3.05) is 19.8 Å². The molecule has 0 unspecified atom stereocenters. The molecule has 0 bridgehead atoms. The zero-order chi connectivity index (χ0) is 21.2. The summed E-state index contributed by atoms with van der Waals surface area (Å²) in [5, 5.41) is 2.49. The molecule has 0 fully saturated rings. The zero-order valence-electron chi connectivity index (χ0n) is 17.1. The zero-order valence-corrected chi connectivity index (χ0v) is 17.1. The molecule has 6 nitrogen and oxygen atoms in total. The second kappa shape index (κ2) is 11.0. The first-order chi connectivity index (χ1) is 13.9. The number of ether oxygens (including phenoxy) is 2. The molecule has 0 radical (unpaired) electrons. The maximum Gasteiger partial charge on any atom is 0.325 e. The van der Waals surface area contributed by atoms with E-state index < -0.39 is 11.9 Å². The molecular weight excluding hydrogens is 370 g/mol. The van der Waals surface area contributed by atoms with E-state index in [4.69, 9.17) is 9.47 Å². The highest BCUT2D eigenvalue weighted by Crippen LogP contribution is 2.13. The van der Waals surface area contributed by atoms with Gasteiger partial charge in [0.25, 0.3) is 5.91 Å². The number of carbonyl (C=O) groups is 3. The van der Waals surface area contributed by atoms with Crippen molar-refractivity contribution in [1.82, 2.24) is 5.32 Å². The first-order valence-electron chi connectivity index (χ1n) is 9.68. The Hall–Kier alpha value is -3.15. The number of amides is 1. The molecule has 29 heavy (non-hydrogen) atoms. The van der Waals surface area contributed by atoms with E-state index in [1.807, 2.05) is 26.0 Å². The second-order valence-electron chi connectivity index (χ2n) is 6.81. The minimum Gasteiger partial charge on any atom is -0.494 e. The molecule has 0 aliphatic heterocycles. The van der Waals surface area contributed by atoms with Crippen molar-refractivity contribution in [3.8, 4) is 5.75 Å². The Bertz CT molecular complexity index is 858. The maximum atomic E-state index is 12.2. The molecule has 2 rings (SSSR count). The molecule has 154 valence electrons. The fourth-order valence-corrected chi connectivity index (χ4v) is 2.69. The van der Waals surface area contributed by atoms with Gasteiger partial charge in [-0.3, -0.25) is 14.4 Å². The number of hydrogen-bond donors (Lipinski definition) is 1. The van der Waals surface area contributed by atoms with Crippen molar-refractivity contribution in [3.63, 3.8) is 0 Å². The number of aryl methyl sites for hydroxylation is 2. The van der Waals surface area contributed by atoms with Gasteiger partial charge in [0.1, 0.15) is 12.3 Å². The van der Waals surface area contributed by atoms with Gasteiger partial charge >= 0.3 is 5.97 Å². The average Bonchev–Trinajstić information content (AvgIpc) is 2.71. The van der Waals surface area contributed by atoms with Gasteiger partial charge < -0.3 is 14.8 Å². The van der Waals surface area contributed by atoms with Crippen LogP contribution in [0.15, 0.2) is 42.5 Å². The molecule has 0 spiro atoms. The van der Waals surface area contributed by atoms with E-state index in [-0.39, 0.29) is 18.9 Å². The van der Waals surface area contributed by atoms with Crippen LogP contribution in [0.2, 0.25) is 0 Å². The van der Waals surface area contributed by atoms with Crippen LogP contribution >= 0.6 is 0 Å². The van der Waals surface area contributed by atoms with Gasteiger partial charge in [0.2, 0.25) is 5.78 Å². The van der Waals surface area contributed by atoms with Crippen molar-refractivity contribution >= 4 is 17.7 Å². The van der Waals surface area contributed by atoms with E-state index in [2.05, 4.69) is 12.2 Å². The lowest BCUT2D eigenvalue weighted by molar-refractivity contribution is -0.141. The third-order valence-corrected chi connectivity index (χ3v) is 4.32. The monoisotopic (exact) mass is 397 g/mol. The van der Waals surface area contributed by atoms with E-state index in [0.29, 0.717) is 23.5 Å². The summed E-state index contributed by atoms with van der Waals surface area (Å²) in [6.07, 6.45) is 2.02. The number of rotatable bonds is 10. The Kier molecular flexibility index (Phi) is 8.40. The van der Waals surface area contributed by atoms with Gasteiger partial charge in [-0.25, -0.2) is 0 Å². The summed E-state index contributed by atoms with van der Waals surface area (Å²) in [5.74, 6) is -0.654. The van der Waals surface area contributed by atoms with Gasteiger partial charge in [-0.15, -0.1) is 0 Å². The normalized spacial score (nSPS) is 10.3. The largest absolute Gasteiger partial charge is 0.494 e. The molecule has 6 heteroatoms. The topological polar surface area (TPSA) is 81.7 Å². The molecule has 2 aromatic carbocycles. The molecule has 0 atom stereocenters. The second-order valence-corrected chi connectivity index (χ2v) is 6.81. The summed E-state index contributed by atoms with van der Waals surface area (Å²) in [4.78, 5) is 36.2. The van der Waals surface area contributed by atoms with E-state index >= 15 is 0 Å². The van der Waals surface area contributed by atoms with Crippen LogP contribution in [0.25, 0.3) is 0 Å². The highest BCUT2D eigenvalue weighted by molar-refractivity contribution is 5.99. The Morgan fingerprint density at radius 3 is 2.38 bits per heavy atom. The molecule has 0 aliphatic rings. The minimum atomic E-state index is -0.670. The lowest BCUT2D eigenvalue weighted by Gasteiger charge is -2.09. The van der Waals surface area contributed by atoms with E-state index in [0.717, 1.165) is 24.0 Å². The quantitative estimate of drug-likeness (QED) is 0.376. The van der Waals surface area contributed by atoms with Crippen molar-refractivity contribution in [1.29, 1.82) is 0 Å². The molecule has 1 N–H and O–H groups in total. The fraction of sp³-hybridized carbons (Fsp3) is 0.348. The Morgan fingerprint density at radius 2 is 1.72 bits per heavy atom. The van der Waals surface area contributed by atoms with Gasteiger partial charge in [-0.05, 0) is 50.1 Å². The molecule has 2 aromatic rings. The highest BCUT2D eigenvalue weighted by Gasteiger charge is 2.13. The van der Waals surface area contributed by atoms with Crippen LogP contribution in [0.1, 0.15) is 51.6 Å². The van der Waals surface area contributed by atoms with Crippen molar-refractivity contribution in [2.45, 2.75) is 33.6 Å². The summed E-state index contributed by atoms with van der Waals surface area (Å²) >= 11 is 0. The van der Waals surface area contributed by atoms with Crippen LogP contribution in [0, 0.1) is 13.8 Å². The Labute approximate surface area is 171 Å². The molecule has 0 aliphatic carbocycles. The number of esters is 1. The molecule has 0 saturated heterocycles. The highest BCUT2D eigenvalue weighted by atomic mass is 16.5. The van der Waals surface area contributed by atoms with Gasteiger partial charge in [0, 0.05) is 11.1 Å². The smallest absolute Gasteiger partial charge is 0.325 e.